The zero-order valence-electron chi connectivity index (χ0n) is 12.0. The Morgan fingerprint density at radius 2 is 0.750 bits per heavy atom. The molecule has 0 atom stereocenters. The van der Waals surface area contributed by atoms with Gasteiger partial charge in [-0.05, 0) is 0 Å². The number of hydrogen-bond acceptors (Lipinski definition) is 0. The highest BCUT2D eigenvalue weighted by molar-refractivity contribution is 5.25. The molecule has 0 rings (SSSR count). The van der Waals surface area contributed by atoms with Crippen LogP contribution in [0, 0.1) is 0 Å². The average molecular weight is 464 g/mol. The molecule has 0 aliphatic heterocycles. The molecule has 0 heterocycles. The van der Waals surface area contributed by atoms with Gasteiger partial charge >= 0.3 is 41.7 Å². The van der Waals surface area contributed by atoms with Crippen molar-refractivity contribution in [3.05, 3.63) is 11.7 Å². The van der Waals surface area contributed by atoms with Crippen molar-refractivity contribution >= 4 is 0 Å². The second-order valence-corrected chi connectivity index (χ2v) is 4.84. The van der Waals surface area contributed by atoms with Crippen LogP contribution < -0.4 is 0 Å². The SMILES string of the molecule is FCC(F)(F)C(F)(F)C(F)(F)C(F)=C(F)C(F)(F)C(F)(F)C(F)(F)C(F)(F)F. The molecule has 0 spiro atoms. The first-order valence-electron chi connectivity index (χ1n) is 5.83. The van der Waals surface area contributed by atoms with Crippen molar-refractivity contribution in [1.29, 1.82) is 0 Å². The fraction of sp³-hybridized carbons (Fsp3) is 0.800. The van der Waals surface area contributed by atoms with Gasteiger partial charge in [-0.2, -0.15) is 65.9 Å². The molecule has 0 fully saturated rings. The molecule has 0 nitrogen and oxygen atoms in total. The van der Waals surface area contributed by atoms with Gasteiger partial charge in [-0.1, -0.05) is 0 Å². The van der Waals surface area contributed by atoms with Crippen LogP contribution in [-0.4, -0.2) is 48.4 Å². The van der Waals surface area contributed by atoms with Gasteiger partial charge in [0.1, 0.15) is 0 Å². The first kappa shape index (κ1) is 26.5. The van der Waals surface area contributed by atoms with Gasteiger partial charge in [-0.25, -0.2) is 13.2 Å². The molecule has 0 saturated heterocycles. The summed E-state index contributed by atoms with van der Waals surface area (Å²) in [6.07, 6.45) is -7.62. The van der Waals surface area contributed by atoms with E-state index in [4.69, 9.17) is 0 Å². The minimum Gasteiger partial charge on any atom is -0.244 e. The van der Waals surface area contributed by atoms with Crippen LogP contribution in [0.4, 0.5) is 79.0 Å². The Kier molecular flexibility index (Phi) is 6.41. The molecule has 168 valence electrons. The van der Waals surface area contributed by atoms with Crippen molar-refractivity contribution in [2.24, 2.45) is 0 Å². The highest BCUT2D eigenvalue weighted by Gasteiger charge is 2.84. The van der Waals surface area contributed by atoms with E-state index in [1.807, 2.05) is 0 Å². The average Bonchev–Trinajstić information content (AvgIpc) is 2.51. The van der Waals surface area contributed by atoms with Gasteiger partial charge in [-0.15, -0.1) is 0 Å². The Hall–Kier alpha value is -1.52. The summed E-state index contributed by atoms with van der Waals surface area (Å²) in [6, 6.07) is 0. The molecule has 0 unspecified atom stereocenters. The minimum absolute atomic E-state index is 3.76. The van der Waals surface area contributed by atoms with Gasteiger partial charge in [0.15, 0.2) is 6.67 Å². The van der Waals surface area contributed by atoms with Crippen molar-refractivity contribution in [2.75, 3.05) is 6.67 Å². The Morgan fingerprint density at radius 3 is 1.00 bits per heavy atom. The monoisotopic (exact) mass is 464 g/mol. The van der Waals surface area contributed by atoms with E-state index in [-0.39, 0.29) is 0 Å². The van der Waals surface area contributed by atoms with E-state index in [0.717, 1.165) is 0 Å². The van der Waals surface area contributed by atoms with Crippen LogP contribution in [0.1, 0.15) is 0 Å². The molecule has 0 bridgehead atoms. The van der Waals surface area contributed by atoms with Crippen molar-refractivity contribution in [1.82, 2.24) is 0 Å². The van der Waals surface area contributed by atoms with E-state index in [1.54, 1.807) is 0 Å². The van der Waals surface area contributed by atoms with Gasteiger partial charge in [-0.3, -0.25) is 0 Å². The summed E-state index contributed by atoms with van der Waals surface area (Å²) in [5, 5.41) is 0. The normalized spacial score (nSPS) is 16.9. The molecule has 0 radical (unpaired) electrons. The van der Waals surface area contributed by atoms with Crippen molar-refractivity contribution in [3.63, 3.8) is 0 Å². The Morgan fingerprint density at radius 1 is 0.464 bits per heavy atom. The number of hydrogen-bond donors (Lipinski definition) is 0. The molecule has 0 aliphatic carbocycles. The molecule has 0 aliphatic rings. The van der Waals surface area contributed by atoms with Crippen LogP contribution in [-0.2, 0) is 0 Å². The van der Waals surface area contributed by atoms with Gasteiger partial charge in [0.2, 0.25) is 11.7 Å². The maximum Gasteiger partial charge on any atom is 0.460 e. The van der Waals surface area contributed by atoms with E-state index in [0.29, 0.717) is 0 Å². The zero-order valence-corrected chi connectivity index (χ0v) is 12.0. The summed E-state index contributed by atoms with van der Waals surface area (Å²) >= 11 is 0. The second kappa shape index (κ2) is 6.77. The lowest BCUT2D eigenvalue weighted by atomic mass is 9.98. The van der Waals surface area contributed by atoms with Crippen LogP contribution in [0.5, 0.6) is 0 Å². The van der Waals surface area contributed by atoms with E-state index < -0.39 is 60.0 Å². The third-order valence-corrected chi connectivity index (χ3v) is 2.91. The Balaban J connectivity index is 6.65. The Labute approximate surface area is 140 Å². The third-order valence-electron chi connectivity index (χ3n) is 2.91. The van der Waals surface area contributed by atoms with Crippen LogP contribution in [0.3, 0.4) is 0 Å². The molecule has 18 heteroatoms. The van der Waals surface area contributed by atoms with E-state index >= 15 is 0 Å². The minimum atomic E-state index is -8.10. The summed E-state index contributed by atoms with van der Waals surface area (Å²) in [6.45, 7) is -3.76. The van der Waals surface area contributed by atoms with Crippen LogP contribution in [0.15, 0.2) is 11.7 Å². The maximum atomic E-state index is 12.9. The fourth-order valence-electron chi connectivity index (χ4n) is 1.24. The number of rotatable bonds is 7. The molecule has 0 saturated carbocycles. The standard InChI is InChI=1S/C10H2F18/c11-1-4(14,15)7(20,21)5(16,17)2(12)3(13)6(18,19)8(22,23)9(24,25)10(26,27)28/h1H2. The second-order valence-electron chi connectivity index (χ2n) is 4.84. The van der Waals surface area contributed by atoms with Gasteiger partial charge in [0.05, 0.1) is 0 Å². The van der Waals surface area contributed by atoms with Crippen molar-refractivity contribution < 1.29 is 79.0 Å². The molecule has 0 aromatic heterocycles. The molecular formula is C10H2F18. The number of halogens is 18. The number of alkyl halides is 16. The predicted octanol–water partition coefficient (Wildman–Crippen LogP) is 6.48. The fourth-order valence-corrected chi connectivity index (χ4v) is 1.24. The quantitative estimate of drug-likeness (QED) is 0.379. The lowest BCUT2D eigenvalue weighted by Crippen LogP contribution is -2.62. The van der Waals surface area contributed by atoms with Crippen LogP contribution in [0.25, 0.3) is 0 Å². The smallest absolute Gasteiger partial charge is 0.244 e. The van der Waals surface area contributed by atoms with E-state index in [1.165, 1.54) is 0 Å². The maximum absolute atomic E-state index is 12.9. The highest BCUT2D eigenvalue weighted by atomic mass is 19.4. The zero-order chi connectivity index (χ0) is 23.4. The van der Waals surface area contributed by atoms with E-state index in [2.05, 4.69) is 0 Å². The summed E-state index contributed by atoms with van der Waals surface area (Å²) in [5.74, 6) is -56.2. The van der Waals surface area contributed by atoms with Crippen LogP contribution in [0.2, 0.25) is 0 Å². The summed E-state index contributed by atoms with van der Waals surface area (Å²) < 4.78 is 225. The molecule has 0 N–H and O–H groups in total. The molecular weight excluding hydrogens is 462 g/mol. The summed E-state index contributed by atoms with van der Waals surface area (Å²) in [7, 11) is 0. The molecule has 0 aromatic rings. The first-order valence-corrected chi connectivity index (χ1v) is 5.83. The largest absolute Gasteiger partial charge is 0.460 e. The summed E-state index contributed by atoms with van der Waals surface area (Å²) in [4.78, 5) is 0. The van der Waals surface area contributed by atoms with Gasteiger partial charge < -0.3 is 0 Å². The van der Waals surface area contributed by atoms with Gasteiger partial charge in [0, 0.05) is 0 Å². The molecule has 0 aromatic carbocycles. The van der Waals surface area contributed by atoms with Gasteiger partial charge in [0.25, 0.3) is 0 Å². The Bertz CT molecular complexity index is 606. The first-order chi connectivity index (χ1) is 11.9. The lowest BCUT2D eigenvalue weighted by Gasteiger charge is -2.34. The number of allylic oxidation sites excluding steroid dienone is 2. The van der Waals surface area contributed by atoms with Crippen molar-refractivity contribution in [3.8, 4) is 0 Å². The lowest BCUT2D eigenvalue weighted by molar-refractivity contribution is -0.392. The molecule has 28 heavy (non-hydrogen) atoms. The van der Waals surface area contributed by atoms with Crippen molar-refractivity contribution in [2.45, 2.75) is 41.7 Å². The summed E-state index contributed by atoms with van der Waals surface area (Å²) in [5.41, 5.74) is 0. The molecule has 0 amide bonds. The highest BCUT2D eigenvalue weighted by Crippen LogP contribution is 2.58. The van der Waals surface area contributed by atoms with E-state index in [9.17, 15) is 79.0 Å². The third kappa shape index (κ3) is 3.46. The predicted molar refractivity (Wildman–Crippen MR) is 51.0 cm³/mol. The van der Waals surface area contributed by atoms with Crippen LogP contribution >= 0.6 is 0 Å². The topological polar surface area (TPSA) is 0 Å².